The number of unbranched alkanes of at least 4 members (excludes halogenated alkanes) is 1. The van der Waals surface area contributed by atoms with E-state index in [0.717, 1.165) is 29.2 Å². The lowest BCUT2D eigenvalue weighted by Gasteiger charge is -2.09. The maximum atomic E-state index is 11.9. The Kier molecular flexibility index (Phi) is 4.85. The summed E-state index contributed by atoms with van der Waals surface area (Å²) >= 11 is 1.64. The van der Waals surface area contributed by atoms with Crippen molar-refractivity contribution < 1.29 is 9.59 Å². The fraction of sp³-hybridized carbons (Fsp3) is 0.429. The molecule has 1 aromatic rings. The molecule has 1 aromatic carbocycles. The number of rotatable bonds is 4. The lowest BCUT2D eigenvalue weighted by molar-refractivity contribution is -0.115. The molecule has 1 aliphatic rings. The van der Waals surface area contributed by atoms with Gasteiger partial charge in [0.15, 0.2) is 0 Å². The average Bonchev–Trinajstić information content (AvgIpc) is 2.58. The number of anilines is 1. The van der Waals surface area contributed by atoms with Crippen LogP contribution in [0.2, 0.25) is 0 Å². The molecule has 0 fully saturated rings. The molecule has 0 bridgehead atoms. The second kappa shape index (κ2) is 6.61. The Morgan fingerprint density at radius 3 is 3.11 bits per heavy atom. The Hall–Kier alpha value is -1.49. The fourth-order valence-electron chi connectivity index (χ4n) is 1.84. The molecule has 0 aromatic heterocycles. The Morgan fingerprint density at radius 2 is 2.32 bits per heavy atom. The normalized spacial score (nSPS) is 14.3. The summed E-state index contributed by atoms with van der Waals surface area (Å²) in [6.45, 7) is 2.77. The first-order valence-electron chi connectivity index (χ1n) is 6.55. The largest absolute Gasteiger partial charge is 0.352 e. The average molecular weight is 278 g/mol. The molecule has 0 saturated heterocycles. The van der Waals surface area contributed by atoms with Crippen molar-refractivity contribution in [2.75, 3.05) is 17.6 Å². The summed E-state index contributed by atoms with van der Waals surface area (Å²) in [4.78, 5) is 24.5. The fourth-order valence-corrected chi connectivity index (χ4v) is 2.78. The monoisotopic (exact) mass is 278 g/mol. The van der Waals surface area contributed by atoms with Gasteiger partial charge >= 0.3 is 0 Å². The molecule has 2 amide bonds. The van der Waals surface area contributed by atoms with Crippen molar-refractivity contribution in [1.82, 2.24) is 5.32 Å². The van der Waals surface area contributed by atoms with E-state index in [0.29, 0.717) is 18.5 Å². The Morgan fingerprint density at radius 1 is 1.47 bits per heavy atom. The second-order valence-electron chi connectivity index (χ2n) is 4.47. The standard InChI is InChI=1S/C14H18N2O2S/c1-2-3-7-15-14(18)10-4-5-12-11(9-10)16-13(17)6-8-19-12/h4-5,9H,2-3,6-8H2,1H3,(H,15,18)(H,16,17). The van der Waals surface area contributed by atoms with Crippen molar-refractivity contribution in [3.8, 4) is 0 Å². The Bertz CT molecular complexity index is 488. The van der Waals surface area contributed by atoms with Gasteiger partial charge in [-0.25, -0.2) is 0 Å². The van der Waals surface area contributed by atoms with Gasteiger partial charge < -0.3 is 10.6 Å². The SMILES string of the molecule is CCCCNC(=O)c1ccc2c(c1)NC(=O)CCS2. The molecule has 0 aliphatic carbocycles. The van der Waals surface area contributed by atoms with Crippen LogP contribution in [0.4, 0.5) is 5.69 Å². The van der Waals surface area contributed by atoms with Crippen LogP contribution in [-0.4, -0.2) is 24.1 Å². The van der Waals surface area contributed by atoms with E-state index in [4.69, 9.17) is 0 Å². The molecule has 0 spiro atoms. The van der Waals surface area contributed by atoms with Gasteiger partial charge in [0.05, 0.1) is 5.69 Å². The highest BCUT2D eigenvalue weighted by Crippen LogP contribution is 2.31. The first-order chi connectivity index (χ1) is 9.20. The summed E-state index contributed by atoms with van der Waals surface area (Å²) in [5, 5.41) is 5.72. The smallest absolute Gasteiger partial charge is 0.251 e. The van der Waals surface area contributed by atoms with Gasteiger partial charge in [-0.15, -0.1) is 11.8 Å². The predicted octanol–water partition coefficient (Wildman–Crippen LogP) is 2.65. The van der Waals surface area contributed by atoms with Crippen LogP contribution in [0.1, 0.15) is 36.5 Å². The van der Waals surface area contributed by atoms with Gasteiger partial charge in [-0.3, -0.25) is 9.59 Å². The highest BCUT2D eigenvalue weighted by atomic mass is 32.2. The minimum Gasteiger partial charge on any atom is -0.352 e. The molecule has 0 saturated carbocycles. The van der Waals surface area contributed by atoms with E-state index in [1.54, 1.807) is 17.8 Å². The number of hydrogen-bond acceptors (Lipinski definition) is 3. The van der Waals surface area contributed by atoms with Gasteiger partial charge in [0.2, 0.25) is 5.91 Å². The van der Waals surface area contributed by atoms with E-state index in [2.05, 4.69) is 17.6 Å². The predicted molar refractivity (Wildman–Crippen MR) is 77.7 cm³/mol. The number of amides is 2. The highest BCUT2D eigenvalue weighted by Gasteiger charge is 2.15. The van der Waals surface area contributed by atoms with Gasteiger partial charge in [-0.2, -0.15) is 0 Å². The summed E-state index contributed by atoms with van der Waals surface area (Å²) < 4.78 is 0. The van der Waals surface area contributed by atoms with Crippen LogP contribution >= 0.6 is 11.8 Å². The third-order valence-corrected chi connectivity index (χ3v) is 3.99. The molecule has 102 valence electrons. The van der Waals surface area contributed by atoms with Crippen molar-refractivity contribution in [2.24, 2.45) is 0 Å². The zero-order chi connectivity index (χ0) is 13.7. The van der Waals surface area contributed by atoms with Crippen LogP contribution in [0, 0.1) is 0 Å². The Labute approximate surface area is 117 Å². The highest BCUT2D eigenvalue weighted by molar-refractivity contribution is 7.99. The van der Waals surface area contributed by atoms with E-state index in [-0.39, 0.29) is 11.8 Å². The molecule has 0 radical (unpaired) electrons. The summed E-state index contributed by atoms with van der Waals surface area (Å²) in [7, 11) is 0. The number of fused-ring (bicyclic) bond motifs is 1. The number of thioether (sulfide) groups is 1. The molecule has 5 heteroatoms. The van der Waals surface area contributed by atoms with Crippen molar-refractivity contribution in [1.29, 1.82) is 0 Å². The maximum Gasteiger partial charge on any atom is 0.251 e. The molecule has 19 heavy (non-hydrogen) atoms. The summed E-state index contributed by atoms with van der Waals surface area (Å²) in [5.41, 5.74) is 1.34. The number of nitrogens with one attached hydrogen (secondary N) is 2. The molecule has 1 heterocycles. The minimum absolute atomic E-state index is 0.00907. The number of carbonyl (C=O) groups excluding carboxylic acids is 2. The zero-order valence-electron chi connectivity index (χ0n) is 11.0. The van der Waals surface area contributed by atoms with Crippen molar-refractivity contribution >= 4 is 29.3 Å². The van der Waals surface area contributed by atoms with Crippen LogP contribution in [0.15, 0.2) is 23.1 Å². The van der Waals surface area contributed by atoms with Gasteiger partial charge in [-0.05, 0) is 24.6 Å². The van der Waals surface area contributed by atoms with Crippen molar-refractivity contribution in [3.63, 3.8) is 0 Å². The van der Waals surface area contributed by atoms with E-state index in [9.17, 15) is 9.59 Å². The Balaban J connectivity index is 2.11. The van der Waals surface area contributed by atoms with Crippen molar-refractivity contribution in [2.45, 2.75) is 31.1 Å². The molecule has 1 aliphatic heterocycles. The third kappa shape index (κ3) is 3.73. The number of carbonyl (C=O) groups is 2. The van der Waals surface area contributed by atoms with Crippen LogP contribution in [0.3, 0.4) is 0 Å². The third-order valence-electron chi connectivity index (χ3n) is 2.92. The van der Waals surface area contributed by atoms with Crippen LogP contribution < -0.4 is 10.6 Å². The number of hydrogen-bond donors (Lipinski definition) is 2. The van der Waals surface area contributed by atoms with E-state index < -0.39 is 0 Å². The maximum absolute atomic E-state index is 11.9. The van der Waals surface area contributed by atoms with Gasteiger partial charge in [0.1, 0.15) is 0 Å². The summed E-state index contributed by atoms with van der Waals surface area (Å²) in [6, 6.07) is 5.47. The van der Waals surface area contributed by atoms with Gasteiger partial charge in [-0.1, -0.05) is 13.3 Å². The molecular weight excluding hydrogens is 260 g/mol. The lowest BCUT2D eigenvalue weighted by Crippen LogP contribution is -2.24. The minimum atomic E-state index is -0.0836. The van der Waals surface area contributed by atoms with E-state index in [1.165, 1.54) is 0 Å². The topological polar surface area (TPSA) is 58.2 Å². The van der Waals surface area contributed by atoms with Gasteiger partial charge in [0, 0.05) is 29.2 Å². The molecule has 2 N–H and O–H groups in total. The first-order valence-corrected chi connectivity index (χ1v) is 7.54. The molecular formula is C14H18N2O2S. The molecule has 2 rings (SSSR count). The second-order valence-corrected chi connectivity index (χ2v) is 5.60. The van der Waals surface area contributed by atoms with Crippen molar-refractivity contribution in [3.05, 3.63) is 23.8 Å². The van der Waals surface area contributed by atoms with E-state index in [1.807, 2.05) is 12.1 Å². The molecule has 0 atom stereocenters. The summed E-state index contributed by atoms with van der Waals surface area (Å²) in [5.74, 6) is 0.704. The summed E-state index contributed by atoms with van der Waals surface area (Å²) in [6.07, 6.45) is 2.54. The van der Waals surface area contributed by atoms with Crippen LogP contribution in [-0.2, 0) is 4.79 Å². The van der Waals surface area contributed by atoms with E-state index >= 15 is 0 Å². The van der Waals surface area contributed by atoms with Gasteiger partial charge in [0.25, 0.3) is 5.91 Å². The number of benzene rings is 1. The van der Waals surface area contributed by atoms with Crippen LogP contribution in [0.5, 0.6) is 0 Å². The lowest BCUT2D eigenvalue weighted by atomic mass is 10.2. The zero-order valence-corrected chi connectivity index (χ0v) is 11.8. The first kappa shape index (κ1) is 13.9. The molecule has 0 unspecified atom stereocenters. The van der Waals surface area contributed by atoms with Crippen LogP contribution in [0.25, 0.3) is 0 Å². The molecule has 4 nitrogen and oxygen atoms in total. The quantitative estimate of drug-likeness (QED) is 0.832.